The summed E-state index contributed by atoms with van der Waals surface area (Å²) in [6.45, 7) is 9.51. The summed E-state index contributed by atoms with van der Waals surface area (Å²) in [6.07, 6.45) is 3.49. The molecule has 0 aliphatic carbocycles. The van der Waals surface area contributed by atoms with Gasteiger partial charge in [-0.25, -0.2) is 0 Å². The maximum absolute atomic E-state index is 12.4. The molecule has 0 spiro atoms. The predicted molar refractivity (Wildman–Crippen MR) is 91.7 cm³/mol. The van der Waals surface area contributed by atoms with Crippen LogP contribution in [0.4, 0.5) is 0 Å². The predicted octanol–water partition coefficient (Wildman–Crippen LogP) is 3.78. The molecule has 2 N–H and O–H groups in total. The quantitative estimate of drug-likeness (QED) is 0.920. The number of carbonyl (C=O) groups excluding carboxylic acids is 1. The van der Waals surface area contributed by atoms with Gasteiger partial charge < -0.3 is 10.6 Å². The number of nitrogens with zero attached hydrogens (tertiary/aromatic N) is 1. The zero-order chi connectivity index (χ0) is 16.3. The van der Waals surface area contributed by atoms with E-state index in [1.54, 1.807) is 0 Å². The van der Waals surface area contributed by atoms with E-state index in [4.69, 9.17) is 5.73 Å². The molecule has 1 saturated heterocycles. The first-order valence-corrected chi connectivity index (χ1v) is 8.44. The smallest absolute Gasteiger partial charge is 0.223 e. The van der Waals surface area contributed by atoms with Crippen molar-refractivity contribution in [2.75, 3.05) is 6.54 Å². The molecule has 1 aromatic rings. The maximum atomic E-state index is 12.4. The van der Waals surface area contributed by atoms with Crippen LogP contribution in [0.2, 0.25) is 0 Å². The van der Waals surface area contributed by atoms with Crippen molar-refractivity contribution in [1.82, 2.24) is 4.90 Å². The zero-order valence-corrected chi connectivity index (χ0v) is 14.4. The van der Waals surface area contributed by atoms with E-state index in [1.807, 2.05) is 6.92 Å². The van der Waals surface area contributed by atoms with Gasteiger partial charge in [-0.3, -0.25) is 4.79 Å². The minimum atomic E-state index is 0.0936. The number of nitrogens with two attached hydrogens (primary N) is 1. The molecule has 0 saturated carbocycles. The average Bonchev–Trinajstić information content (AvgIpc) is 2.93. The van der Waals surface area contributed by atoms with Gasteiger partial charge >= 0.3 is 0 Å². The number of hydrogen-bond acceptors (Lipinski definition) is 2. The molecule has 2 unspecified atom stereocenters. The van der Waals surface area contributed by atoms with Gasteiger partial charge in [0.1, 0.15) is 0 Å². The molecule has 0 radical (unpaired) electrons. The van der Waals surface area contributed by atoms with E-state index in [2.05, 4.69) is 49.9 Å². The van der Waals surface area contributed by atoms with Crippen molar-refractivity contribution in [1.29, 1.82) is 0 Å². The normalized spacial score (nSPS) is 20.2. The van der Waals surface area contributed by atoms with Crippen molar-refractivity contribution in [2.24, 2.45) is 5.73 Å². The van der Waals surface area contributed by atoms with Gasteiger partial charge in [-0.1, -0.05) is 45.0 Å². The van der Waals surface area contributed by atoms with E-state index in [0.29, 0.717) is 6.42 Å². The van der Waals surface area contributed by atoms with Crippen LogP contribution in [0, 0.1) is 0 Å². The molecular weight excluding hydrogens is 272 g/mol. The molecule has 22 heavy (non-hydrogen) atoms. The van der Waals surface area contributed by atoms with E-state index in [9.17, 15) is 4.79 Å². The zero-order valence-electron chi connectivity index (χ0n) is 14.4. The van der Waals surface area contributed by atoms with Gasteiger partial charge in [0.15, 0.2) is 0 Å². The van der Waals surface area contributed by atoms with Crippen LogP contribution < -0.4 is 5.73 Å². The number of benzene rings is 1. The van der Waals surface area contributed by atoms with Crippen LogP contribution in [0.15, 0.2) is 24.3 Å². The molecule has 1 fully saturated rings. The molecule has 1 aromatic carbocycles. The Morgan fingerprint density at radius 3 is 2.50 bits per heavy atom. The molecular formula is C19H30N2O. The number of hydrogen-bond donors (Lipinski definition) is 1. The molecule has 2 rings (SSSR count). The van der Waals surface area contributed by atoms with Crippen molar-refractivity contribution in [3.8, 4) is 0 Å². The Morgan fingerprint density at radius 1 is 1.32 bits per heavy atom. The maximum Gasteiger partial charge on any atom is 0.223 e. The van der Waals surface area contributed by atoms with E-state index in [1.165, 1.54) is 11.1 Å². The first kappa shape index (κ1) is 17.0. The Balaban J connectivity index is 2.08. The molecule has 0 aromatic heterocycles. The van der Waals surface area contributed by atoms with Crippen molar-refractivity contribution in [2.45, 2.75) is 70.9 Å². The second-order valence-corrected chi connectivity index (χ2v) is 7.63. The third-order valence-corrected chi connectivity index (χ3v) is 4.55. The standard InChI is InChI=1S/C19H30N2O/c1-14(20)7-12-18(22)21-13-5-6-17(21)15-8-10-16(11-9-15)19(2,3)4/h8-11,14,17H,5-7,12-13,20H2,1-4H3. The van der Waals surface area contributed by atoms with Crippen molar-refractivity contribution >= 4 is 5.91 Å². The summed E-state index contributed by atoms with van der Waals surface area (Å²) in [5, 5.41) is 0. The lowest BCUT2D eigenvalue weighted by molar-refractivity contribution is -0.132. The molecule has 3 heteroatoms. The molecule has 122 valence electrons. The fraction of sp³-hybridized carbons (Fsp3) is 0.632. The number of rotatable bonds is 4. The Hall–Kier alpha value is -1.35. The summed E-state index contributed by atoms with van der Waals surface area (Å²) in [5.74, 6) is 0.250. The summed E-state index contributed by atoms with van der Waals surface area (Å²) in [6, 6.07) is 9.15. The topological polar surface area (TPSA) is 46.3 Å². The number of likely N-dealkylation sites (tertiary alicyclic amines) is 1. The van der Waals surface area contributed by atoms with Gasteiger partial charge in [0.05, 0.1) is 6.04 Å². The van der Waals surface area contributed by atoms with Crippen LogP contribution >= 0.6 is 0 Å². The van der Waals surface area contributed by atoms with Crippen molar-refractivity contribution in [3.63, 3.8) is 0 Å². The lowest BCUT2D eigenvalue weighted by Gasteiger charge is -2.26. The first-order valence-electron chi connectivity index (χ1n) is 8.44. The van der Waals surface area contributed by atoms with Gasteiger partial charge in [0, 0.05) is 19.0 Å². The number of amides is 1. The molecule has 1 aliphatic heterocycles. The Morgan fingerprint density at radius 2 is 1.95 bits per heavy atom. The molecule has 1 amide bonds. The largest absolute Gasteiger partial charge is 0.336 e. The average molecular weight is 302 g/mol. The second-order valence-electron chi connectivity index (χ2n) is 7.63. The molecule has 1 heterocycles. The van der Waals surface area contributed by atoms with E-state index in [0.717, 1.165) is 25.8 Å². The highest BCUT2D eigenvalue weighted by molar-refractivity contribution is 5.77. The molecule has 1 aliphatic rings. The lowest BCUT2D eigenvalue weighted by Crippen LogP contribution is -2.31. The van der Waals surface area contributed by atoms with E-state index >= 15 is 0 Å². The third kappa shape index (κ3) is 4.10. The highest BCUT2D eigenvalue weighted by atomic mass is 16.2. The van der Waals surface area contributed by atoms with E-state index < -0.39 is 0 Å². The number of carbonyl (C=O) groups is 1. The highest BCUT2D eigenvalue weighted by Crippen LogP contribution is 2.33. The lowest BCUT2D eigenvalue weighted by atomic mass is 9.86. The van der Waals surface area contributed by atoms with E-state index in [-0.39, 0.29) is 23.4 Å². The van der Waals surface area contributed by atoms with Crippen LogP contribution in [0.3, 0.4) is 0 Å². The van der Waals surface area contributed by atoms with Gasteiger partial charge in [-0.15, -0.1) is 0 Å². The summed E-state index contributed by atoms with van der Waals surface area (Å²) in [4.78, 5) is 14.5. The Labute approximate surface area is 134 Å². The summed E-state index contributed by atoms with van der Waals surface area (Å²) >= 11 is 0. The van der Waals surface area contributed by atoms with Gasteiger partial charge in [-0.2, -0.15) is 0 Å². The Bertz CT molecular complexity index is 499. The highest BCUT2D eigenvalue weighted by Gasteiger charge is 2.29. The summed E-state index contributed by atoms with van der Waals surface area (Å²) < 4.78 is 0. The van der Waals surface area contributed by atoms with Crippen LogP contribution in [0.5, 0.6) is 0 Å². The molecule has 2 atom stereocenters. The minimum Gasteiger partial charge on any atom is -0.336 e. The Kier molecular flexibility index (Phi) is 5.28. The SMILES string of the molecule is CC(N)CCC(=O)N1CCCC1c1ccc(C(C)(C)C)cc1. The fourth-order valence-corrected chi connectivity index (χ4v) is 3.11. The fourth-order valence-electron chi connectivity index (χ4n) is 3.11. The van der Waals surface area contributed by atoms with Gasteiger partial charge in [0.2, 0.25) is 5.91 Å². The third-order valence-electron chi connectivity index (χ3n) is 4.55. The van der Waals surface area contributed by atoms with Crippen LogP contribution in [-0.4, -0.2) is 23.4 Å². The monoisotopic (exact) mass is 302 g/mol. The van der Waals surface area contributed by atoms with Crippen LogP contribution in [-0.2, 0) is 10.2 Å². The summed E-state index contributed by atoms with van der Waals surface area (Å²) in [5.41, 5.74) is 8.54. The minimum absolute atomic E-state index is 0.0936. The van der Waals surface area contributed by atoms with Crippen LogP contribution in [0.25, 0.3) is 0 Å². The van der Waals surface area contributed by atoms with Crippen molar-refractivity contribution < 1.29 is 4.79 Å². The molecule has 3 nitrogen and oxygen atoms in total. The first-order chi connectivity index (χ1) is 10.3. The second kappa shape index (κ2) is 6.82. The summed E-state index contributed by atoms with van der Waals surface area (Å²) in [7, 11) is 0. The molecule has 0 bridgehead atoms. The van der Waals surface area contributed by atoms with Gasteiger partial charge in [0.25, 0.3) is 0 Å². The van der Waals surface area contributed by atoms with Gasteiger partial charge in [-0.05, 0) is 42.7 Å². The van der Waals surface area contributed by atoms with Crippen LogP contribution in [0.1, 0.15) is 70.5 Å². The van der Waals surface area contributed by atoms with Crippen molar-refractivity contribution in [3.05, 3.63) is 35.4 Å².